The van der Waals surface area contributed by atoms with E-state index in [0.717, 1.165) is 18.0 Å². The van der Waals surface area contributed by atoms with E-state index in [9.17, 15) is 0 Å². The van der Waals surface area contributed by atoms with Crippen LogP contribution in [0.15, 0.2) is 29.3 Å². The SMILES string of the molecule is COc1cccc(NC(N)=NCC2(C)CCCC2)c1. The summed E-state index contributed by atoms with van der Waals surface area (Å²) < 4.78 is 5.17. The molecular formula is C15H23N3O. The molecule has 0 amide bonds. The summed E-state index contributed by atoms with van der Waals surface area (Å²) in [6.45, 7) is 3.10. The van der Waals surface area contributed by atoms with Crippen LogP contribution in [0.5, 0.6) is 5.75 Å². The highest BCUT2D eigenvalue weighted by Crippen LogP contribution is 2.37. The number of methoxy groups -OCH3 is 1. The molecule has 1 aliphatic carbocycles. The lowest BCUT2D eigenvalue weighted by molar-refractivity contribution is 0.351. The first-order valence-electron chi connectivity index (χ1n) is 6.82. The lowest BCUT2D eigenvalue weighted by atomic mass is 9.89. The monoisotopic (exact) mass is 261 g/mol. The molecule has 104 valence electrons. The van der Waals surface area contributed by atoms with Crippen molar-refractivity contribution in [1.29, 1.82) is 0 Å². The van der Waals surface area contributed by atoms with Crippen LogP contribution in [-0.4, -0.2) is 19.6 Å². The molecule has 0 radical (unpaired) electrons. The van der Waals surface area contributed by atoms with Gasteiger partial charge in [0.1, 0.15) is 5.75 Å². The molecule has 4 heteroatoms. The third kappa shape index (κ3) is 3.88. The first kappa shape index (κ1) is 13.7. The number of anilines is 1. The Labute approximate surface area is 115 Å². The number of nitrogens with two attached hydrogens (primary N) is 1. The number of rotatable bonds is 4. The second kappa shape index (κ2) is 5.95. The minimum absolute atomic E-state index is 0.334. The molecule has 19 heavy (non-hydrogen) atoms. The highest BCUT2D eigenvalue weighted by Gasteiger charge is 2.28. The van der Waals surface area contributed by atoms with Crippen LogP contribution in [0.2, 0.25) is 0 Å². The van der Waals surface area contributed by atoms with Crippen molar-refractivity contribution in [3.05, 3.63) is 24.3 Å². The molecular weight excluding hydrogens is 238 g/mol. The van der Waals surface area contributed by atoms with Crippen LogP contribution in [0, 0.1) is 5.41 Å². The second-order valence-electron chi connectivity index (χ2n) is 5.58. The van der Waals surface area contributed by atoms with Gasteiger partial charge in [-0.25, -0.2) is 0 Å². The van der Waals surface area contributed by atoms with Crippen LogP contribution >= 0.6 is 0 Å². The molecule has 3 N–H and O–H groups in total. The van der Waals surface area contributed by atoms with E-state index >= 15 is 0 Å². The summed E-state index contributed by atoms with van der Waals surface area (Å²) >= 11 is 0. The fourth-order valence-corrected chi connectivity index (χ4v) is 2.55. The maximum atomic E-state index is 5.93. The van der Waals surface area contributed by atoms with Crippen molar-refractivity contribution in [3.8, 4) is 5.75 Å². The zero-order valence-corrected chi connectivity index (χ0v) is 11.8. The largest absolute Gasteiger partial charge is 0.497 e. The van der Waals surface area contributed by atoms with Crippen molar-refractivity contribution in [2.45, 2.75) is 32.6 Å². The van der Waals surface area contributed by atoms with Gasteiger partial charge in [-0.1, -0.05) is 25.8 Å². The fraction of sp³-hybridized carbons (Fsp3) is 0.533. The van der Waals surface area contributed by atoms with Crippen molar-refractivity contribution < 1.29 is 4.74 Å². The van der Waals surface area contributed by atoms with Crippen molar-refractivity contribution >= 4 is 11.6 Å². The molecule has 0 spiro atoms. The first-order chi connectivity index (χ1) is 9.11. The number of nitrogens with zero attached hydrogens (tertiary/aromatic N) is 1. The van der Waals surface area contributed by atoms with Gasteiger partial charge in [-0.05, 0) is 30.4 Å². The molecule has 0 bridgehead atoms. The summed E-state index contributed by atoms with van der Waals surface area (Å²) in [5.74, 6) is 1.28. The van der Waals surface area contributed by atoms with E-state index in [2.05, 4.69) is 17.2 Å². The Bertz CT molecular complexity index is 450. The van der Waals surface area contributed by atoms with Crippen molar-refractivity contribution in [2.75, 3.05) is 19.0 Å². The molecule has 0 atom stereocenters. The Balaban J connectivity index is 1.94. The zero-order valence-electron chi connectivity index (χ0n) is 11.8. The molecule has 4 nitrogen and oxygen atoms in total. The summed E-state index contributed by atoms with van der Waals surface area (Å²) in [6, 6.07) is 7.67. The van der Waals surface area contributed by atoms with Gasteiger partial charge in [-0.15, -0.1) is 0 Å². The number of benzene rings is 1. The van der Waals surface area contributed by atoms with E-state index in [1.165, 1.54) is 25.7 Å². The topological polar surface area (TPSA) is 59.6 Å². The van der Waals surface area contributed by atoms with Crippen LogP contribution in [0.4, 0.5) is 5.69 Å². The van der Waals surface area contributed by atoms with Crippen molar-refractivity contribution in [3.63, 3.8) is 0 Å². The van der Waals surface area contributed by atoms with Gasteiger partial charge < -0.3 is 15.8 Å². The second-order valence-corrected chi connectivity index (χ2v) is 5.58. The van der Waals surface area contributed by atoms with Gasteiger partial charge in [0.05, 0.1) is 7.11 Å². The predicted octanol–water partition coefficient (Wildman–Crippen LogP) is 3.00. The predicted molar refractivity (Wildman–Crippen MR) is 79.7 cm³/mol. The van der Waals surface area contributed by atoms with Crippen LogP contribution in [-0.2, 0) is 0 Å². The smallest absolute Gasteiger partial charge is 0.193 e. The molecule has 0 aromatic heterocycles. The Hall–Kier alpha value is -1.71. The first-order valence-corrected chi connectivity index (χ1v) is 6.82. The van der Waals surface area contributed by atoms with Crippen LogP contribution in [0.3, 0.4) is 0 Å². The van der Waals surface area contributed by atoms with Gasteiger partial charge in [0.2, 0.25) is 0 Å². The quantitative estimate of drug-likeness (QED) is 0.647. The Morgan fingerprint density at radius 3 is 2.84 bits per heavy atom. The van der Waals surface area contributed by atoms with Gasteiger partial charge >= 0.3 is 0 Å². The highest BCUT2D eigenvalue weighted by atomic mass is 16.5. The summed E-state index contributed by atoms with van der Waals surface area (Å²) in [5.41, 5.74) is 7.17. The van der Waals surface area contributed by atoms with E-state index in [1.54, 1.807) is 7.11 Å². The third-order valence-electron chi connectivity index (χ3n) is 3.78. The van der Waals surface area contributed by atoms with Crippen LogP contribution in [0.1, 0.15) is 32.6 Å². The zero-order chi connectivity index (χ0) is 13.7. The van der Waals surface area contributed by atoms with Crippen molar-refractivity contribution in [1.82, 2.24) is 0 Å². The van der Waals surface area contributed by atoms with Gasteiger partial charge in [0, 0.05) is 18.3 Å². The summed E-state index contributed by atoms with van der Waals surface area (Å²) in [4.78, 5) is 4.47. The van der Waals surface area contributed by atoms with Gasteiger partial charge in [-0.3, -0.25) is 4.99 Å². The van der Waals surface area contributed by atoms with E-state index in [1.807, 2.05) is 24.3 Å². The molecule has 1 fully saturated rings. The van der Waals surface area contributed by atoms with Crippen molar-refractivity contribution in [2.24, 2.45) is 16.1 Å². The Morgan fingerprint density at radius 1 is 1.42 bits per heavy atom. The fourth-order valence-electron chi connectivity index (χ4n) is 2.55. The molecule has 1 aromatic rings. The number of nitrogens with one attached hydrogen (secondary N) is 1. The number of guanidine groups is 1. The van der Waals surface area contributed by atoms with E-state index in [4.69, 9.17) is 10.5 Å². The normalized spacial score (nSPS) is 18.3. The van der Waals surface area contributed by atoms with Crippen LogP contribution < -0.4 is 15.8 Å². The number of hydrogen-bond donors (Lipinski definition) is 2. The average Bonchev–Trinajstić information content (AvgIpc) is 2.84. The molecule has 0 heterocycles. The van der Waals surface area contributed by atoms with E-state index < -0.39 is 0 Å². The lowest BCUT2D eigenvalue weighted by Crippen LogP contribution is -2.25. The van der Waals surface area contributed by atoms with Gasteiger partial charge in [0.25, 0.3) is 0 Å². The lowest BCUT2D eigenvalue weighted by Gasteiger charge is -2.20. The molecule has 1 aliphatic rings. The maximum absolute atomic E-state index is 5.93. The number of ether oxygens (including phenoxy) is 1. The molecule has 0 aliphatic heterocycles. The standard InChI is InChI=1S/C15H23N3O/c1-15(8-3-4-9-15)11-17-14(16)18-12-6-5-7-13(10-12)19-2/h5-7,10H,3-4,8-9,11H2,1-2H3,(H3,16,17,18). The number of aliphatic imine (C=N–C) groups is 1. The van der Waals surface area contributed by atoms with E-state index in [0.29, 0.717) is 11.4 Å². The van der Waals surface area contributed by atoms with Gasteiger partial charge in [0.15, 0.2) is 5.96 Å². The molecule has 1 saturated carbocycles. The minimum atomic E-state index is 0.334. The van der Waals surface area contributed by atoms with E-state index in [-0.39, 0.29) is 0 Å². The molecule has 0 unspecified atom stereocenters. The van der Waals surface area contributed by atoms with Crippen LogP contribution in [0.25, 0.3) is 0 Å². The minimum Gasteiger partial charge on any atom is -0.497 e. The summed E-state index contributed by atoms with van der Waals surface area (Å²) in [6.07, 6.45) is 5.14. The number of hydrogen-bond acceptors (Lipinski definition) is 2. The summed E-state index contributed by atoms with van der Waals surface area (Å²) in [7, 11) is 1.65. The van der Waals surface area contributed by atoms with Gasteiger partial charge in [-0.2, -0.15) is 0 Å². The molecule has 2 rings (SSSR count). The summed E-state index contributed by atoms with van der Waals surface area (Å²) in [5, 5.41) is 3.11. The molecule has 0 saturated heterocycles. The Kier molecular flexibility index (Phi) is 4.30. The maximum Gasteiger partial charge on any atom is 0.193 e. The molecule has 1 aromatic carbocycles. The highest BCUT2D eigenvalue weighted by molar-refractivity contribution is 5.92. The third-order valence-corrected chi connectivity index (χ3v) is 3.78. The average molecular weight is 261 g/mol. The Morgan fingerprint density at radius 2 is 2.16 bits per heavy atom.